The number of ether oxygens (including phenoxy) is 1. The third-order valence-electron chi connectivity index (χ3n) is 5.01. The molecule has 1 aliphatic rings. The largest absolute Gasteiger partial charge is 0.378 e. The third-order valence-corrected chi connectivity index (χ3v) is 5.01. The lowest BCUT2D eigenvalue weighted by Crippen LogP contribution is -2.33. The number of nitrogens with one attached hydrogen (secondary N) is 1. The van der Waals surface area contributed by atoms with E-state index in [0.717, 1.165) is 49.3 Å². The van der Waals surface area contributed by atoms with Crippen LogP contribution in [0.15, 0.2) is 18.3 Å². The zero-order chi connectivity index (χ0) is 17.8. The molecule has 1 amide bonds. The predicted molar refractivity (Wildman–Crippen MR) is 99.0 cm³/mol. The number of nitrogens with zero attached hydrogens (tertiary/aromatic N) is 2. The number of aryl methyl sites for hydroxylation is 2. The van der Waals surface area contributed by atoms with Crippen molar-refractivity contribution in [2.45, 2.75) is 71.4 Å². The molecule has 5 nitrogen and oxygen atoms in total. The Balaban J connectivity index is 1.58. The molecule has 0 radical (unpaired) electrons. The smallest absolute Gasteiger partial charge is 0.255 e. The number of hydrogen-bond acceptors (Lipinski definition) is 3. The lowest BCUT2D eigenvalue weighted by Gasteiger charge is -2.14. The average Bonchev–Trinajstić information content (AvgIpc) is 3.18. The summed E-state index contributed by atoms with van der Waals surface area (Å²) in [6, 6.07) is 4.08. The Kier molecular flexibility index (Phi) is 5.74. The van der Waals surface area contributed by atoms with Crippen molar-refractivity contribution in [3.05, 3.63) is 35.3 Å². The number of unbranched alkanes of at least 4 members (excludes halogenated alkanes) is 2. The summed E-state index contributed by atoms with van der Waals surface area (Å²) in [7, 11) is 0. The Bertz CT molecular complexity index is 738. The van der Waals surface area contributed by atoms with Crippen LogP contribution in [0.25, 0.3) is 5.65 Å². The van der Waals surface area contributed by atoms with Crippen LogP contribution in [-0.2, 0) is 4.74 Å². The summed E-state index contributed by atoms with van der Waals surface area (Å²) < 4.78 is 7.91. The van der Waals surface area contributed by atoms with Gasteiger partial charge in [-0.3, -0.25) is 4.79 Å². The molecule has 0 aliphatic heterocycles. The number of rotatable bonds is 7. The highest BCUT2D eigenvalue weighted by Crippen LogP contribution is 2.23. The maximum Gasteiger partial charge on any atom is 0.255 e. The Labute approximate surface area is 149 Å². The standard InChI is InChI=1S/C20H29N3O2/c1-4-5-6-11-25-17-8-7-16(13-17)22-20(24)18-9-10-23-15(3)12-14(2)21-19(18)23/h9-10,12,16-17H,4-8,11,13H2,1-3H3,(H,22,24). The topological polar surface area (TPSA) is 55.6 Å². The molecule has 2 atom stereocenters. The molecule has 2 aromatic rings. The Morgan fingerprint density at radius 2 is 2.20 bits per heavy atom. The SMILES string of the molecule is CCCCCOC1CCC(NC(=O)c2ccn3c(C)cc(C)nc23)C1. The summed E-state index contributed by atoms with van der Waals surface area (Å²) in [6.07, 6.45) is 8.70. The first-order valence-electron chi connectivity index (χ1n) is 9.46. The average molecular weight is 343 g/mol. The molecular weight excluding hydrogens is 314 g/mol. The Hall–Kier alpha value is -1.88. The van der Waals surface area contributed by atoms with Crippen molar-refractivity contribution in [2.24, 2.45) is 0 Å². The monoisotopic (exact) mass is 343 g/mol. The van der Waals surface area contributed by atoms with Gasteiger partial charge in [0.1, 0.15) is 5.65 Å². The third kappa shape index (κ3) is 4.21. The molecule has 1 saturated carbocycles. The van der Waals surface area contributed by atoms with Gasteiger partial charge in [-0.15, -0.1) is 0 Å². The van der Waals surface area contributed by atoms with Gasteiger partial charge in [0.15, 0.2) is 0 Å². The summed E-state index contributed by atoms with van der Waals surface area (Å²) in [5.74, 6) is -0.0309. The normalized spacial score (nSPS) is 20.3. The second-order valence-corrected chi connectivity index (χ2v) is 7.15. The van der Waals surface area contributed by atoms with Crippen LogP contribution in [-0.4, -0.2) is 34.0 Å². The highest BCUT2D eigenvalue weighted by atomic mass is 16.5. The minimum absolute atomic E-state index is 0.0309. The van der Waals surface area contributed by atoms with Crippen molar-refractivity contribution in [3.63, 3.8) is 0 Å². The molecule has 2 heterocycles. The molecule has 1 fully saturated rings. The van der Waals surface area contributed by atoms with Gasteiger partial charge in [0.2, 0.25) is 0 Å². The van der Waals surface area contributed by atoms with E-state index in [4.69, 9.17) is 4.74 Å². The summed E-state index contributed by atoms with van der Waals surface area (Å²) in [6.45, 7) is 7.02. The molecule has 0 saturated heterocycles. The highest BCUT2D eigenvalue weighted by Gasteiger charge is 2.27. The van der Waals surface area contributed by atoms with E-state index in [1.165, 1.54) is 12.8 Å². The van der Waals surface area contributed by atoms with E-state index < -0.39 is 0 Å². The van der Waals surface area contributed by atoms with Gasteiger partial charge in [-0.2, -0.15) is 0 Å². The van der Waals surface area contributed by atoms with Crippen LogP contribution in [0, 0.1) is 13.8 Å². The van der Waals surface area contributed by atoms with Crippen LogP contribution >= 0.6 is 0 Å². The Morgan fingerprint density at radius 1 is 1.36 bits per heavy atom. The van der Waals surface area contributed by atoms with Gasteiger partial charge in [0.05, 0.1) is 11.7 Å². The van der Waals surface area contributed by atoms with E-state index in [9.17, 15) is 4.79 Å². The van der Waals surface area contributed by atoms with Gasteiger partial charge >= 0.3 is 0 Å². The van der Waals surface area contributed by atoms with Crippen molar-refractivity contribution in [1.29, 1.82) is 0 Å². The molecule has 2 aromatic heterocycles. The maximum absolute atomic E-state index is 12.7. The van der Waals surface area contributed by atoms with Crippen LogP contribution in [0.3, 0.4) is 0 Å². The first-order valence-corrected chi connectivity index (χ1v) is 9.46. The zero-order valence-electron chi connectivity index (χ0n) is 15.5. The minimum Gasteiger partial charge on any atom is -0.378 e. The zero-order valence-corrected chi connectivity index (χ0v) is 15.5. The molecule has 25 heavy (non-hydrogen) atoms. The maximum atomic E-state index is 12.7. The van der Waals surface area contributed by atoms with Gasteiger partial charge in [-0.05, 0) is 51.7 Å². The minimum atomic E-state index is -0.0309. The van der Waals surface area contributed by atoms with Crippen LogP contribution < -0.4 is 5.32 Å². The number of aromatic nitrogens is 2. The second-order valence-electron chi connectivity index (χ2n) is 7.15. The molecule has 2 unspecified atom stereocenters. The van der Waals surface area contributed by atoms with Crippen molar-refractivity contribution in [2.75, 3.05) is 6.61 Å². The summed E-state index contributed by atoms with van der Waals surface area (Å²) in [5.41, 5.74) is 3.40. The number of fused-ring (bicyclic) bond motifs is 1. The molecule has 136 valence electrons. The first-order chi connectivity index (χ1) is 12.1. The van der Waals surface area contributed by atoms with Crippen LogP contribution in [0.4, 0.5) is 0 Å². The fourth-order valence-electron chi connectivity index (χ4n) is 3.66. The quantitative estimate of drug-likeness (QED) is 0.778. The molecule has 0 spiro atoms. The number of carbonyl (C=O) groups excluding carboxylic acids is 1. The van der Waals surface area contributed by atoms with E-state index >= 15 is 0 Å². The lowest BCUT2D eigenvalue weighted by atomic mass is 10.2. The van der Waals surface area contributed by atoms with Crippen LogP contribution in [0.1, 0.15) is 67.2 Å². The van der Waals surface area contributed by atoms with Crippen LogP contribution in [0.5, 0.6) is 0 Å². The van der Waals surface area contributed by atoms with Crippen molar-refractivity contribution >= 4 is 11.6 Å². The van der Waals surface area contributed by atoms with E-state index in [2.05, 4.69) is 17.2 Å². The lowest BCUT2D eigenvalue weighted by molar-refractivity contribution is 0.0540. The van der Waals surface area contributed by atoms with Crippen molar-refractivity contribution in [1.82, 2.24) is 14.7 Å². The van der Waals surface area contributed by atoms with E-state index in [1.54, 1.807) is 0 Å². The van der Waals surface area contributed by atoms with E-state index in [0.29, 0.717) is 5.56 Å². The molecule has 0 aromatic carbocycles. The Morgan fingerprint density at radius 3 is 3.00 bits per heavy atom. The number of amides is 1. The summed E-state index contributed by atoms with van der Waals surface area (Å²) in [5, 5.41) is 3.17. The van der Waals surface area contributed by atoms with Gasteiger partial charge < -0.3 is 14.5 Å². The van der Waals surface area contributed by atoms with Gasteiger partial charge in [-0.25, -0.2) is 4.98 Å². The molecule has 3 rings (SSSR count). The molecule has 5 heteroatoms. The number of hydrogen-bond donors (Lipinski definition) is 1. The fraction of sp³-hybridized carbons (Fsp3) is 0.600. The molecule has 1 N–H and O–H groups in total. The first kappa shape index (κ1) is 17.9. The van der Waals surface area contributed by atoms with E-state index in [-0.39, 0.29) is 18.1 Å². The van der Waals surface area contributed by atoms with Crippen molar-refractivity contribution in [3.8, 4) is 0 Å². The van der Waals surface area contributed by atoms with E-state index in [1.807, 2.05) is 36.6 Å². The highest BCUT2D eigenvalue weighted by molar-refractivity contribution is 6.00. The van der Waals surface area contributed by atoms with Crippen LogP contribution in [0.2, 0.25) is 0 Å². The molecular formula is C20H29N3O2. The fourth-order valence-corrected chi connectivity index (χ4v) is 3.66. The van der Waals surface area contributed by atoms with Crippen molar-refractivity contribution < 1.29 is 9.53 Å². The van der Waals surface area contributed by atoms with Gasteiger partial charge in [-0.1, -0.05) is 19.8 Å². The summed E-state index contributed by atoms with van der Waals surface area (Å²) >= 11 is 0. The predicted octanol–water partition coefficient (Wildman–Crippen LogP) is 3.81. The van der Waals surface area contributed by atoms with Gasteiger partial charge in [0.25, 0.3) is 5.91 Å². The number of carbonyl (C=O) groups is 1. The second kappa shape index (κ2) is 8.00. The van der Waals surface area contributed by atoms with Gasteiger partial charge in [0, 0.05) is 30.2 Å². The molecule has 1 aliphatic carbocycles. The summed E-state index contributed by atoms with van der Waals surface area (Å²) in [4.78, 5) is 17.2. The molecule has 0 bridgehead atoms.